The van der Waals surface area contributed by atoms with E-state index >= 15 is 0 Å². The first-order valence-electron chi connectivity index (χ1n) is 5.75. The summed E-state index contributed by atoms with van der Waals surface area (Å²) in [5, 5.41) is 11.7. The quantitative estimate of drug-likeness (QED) is 0.262. The van der Waals surface area contributed by atoms with Crippen LogP contribution in [0.5, 0.6) is 0 Å². The van der Waals surface area contributed by atoms with Gasteiger partial charge >= 0.3 is 0 Å². The molecule has 10 heteroatoms. The number of hydrogen-bond acceptors (Lipinski definition) is 4. The van der Waals surface area contributed by atoms with Gasteiger partial charge in [0.05, 0.1) is 0 Å². The maximum Gasteiger partial charge on any atom is 0.220 e. The van der Waals surface area contributed by atoms with Gasteiger partial charge in [0.1, 0.15) is 0 Å². The molecule has 0 unspecified atom stereocenters. The highest BCUT2D eigenvalue weighted by Gasteiger charge is 2.04. The van der Waals surface area contributed by atoms with Gasteiger partial charge in [-0.1, -0.05) is 10.2 Å². The zero-order chi connectivity index (χ0) is 14.3. The molecule has 0 aromatic rings. The fourth-order valence-electron chi connectivity index (χ4n) is 1.17. The van der Waals surface area contributed by atoms with Crippen LogP contribution in [0.25, 0.3) is 20.9 Å². The number of carbonyl (C=O) groups excluding carboxylic acids is 2. The molecule has 2 N–H and O–H groups in total. The third kappa shape index (κ3) is 11.8. The van der Waals surface area contributed by atoms with E-state index in [1.165, 1.54) is 0 Å². The lowest BCUT2D eigenvalue weighted by molar-refractivity contribution is -0.122. The molecule has 0 aliphatic carbocycles. The van der Waals surface area contributed by atoms with Gasteiger partial charge in [-0.15, -0.1) is 0 Å². The second-order valence-corrected chi connectivity index (χ2v) is 3.46. The Morgan fingerprint density at radius 3 is 1.68 bits per heavy atom. The molecule has 0 bridgehead atoms. The summed E-state index contributed by atoms with van der Waals surface area (Å²) in [4.78, 5) is 27.6. The Balaban J connectivity index is 3.50. The van der Waals surface area contributed by atoms with Crippen LogP contribution in [0.15, 0.2) is 10.2 Å². The van der Waals surface area contributed by atoms with Crippen LogP contribution in [0, 0.1) is 0 Å². The first-order valence-corrected chi connectivity index (χ1v) is 5.75. The largest absolute Gasteiger partial charge is 0.356 e. The summed E-state index contributed by atoms with van der Waals surface area (Å²) < 4.78 is 0. The minimum absolute atomic E-state index is 0.185. The number of amides is 2. The van der Waals surface area contributed by atoms with Crippen molar-refractivity contribution in [3.05, 3.63) is 20.9 Å². The average Bonchev–Trinajstić information content (AvgIpc) is 2.40. The average molecular weight is 268 g/mol. The third-order valence-electron chi connectivity index (χ3n) is 2.00. The first-order chi connectivity index (χ1) is 9.20. The molecule has 0 fully saturated rings. The highest BCUT2D eigenvalue weighted by Crippen LogP contribution is 1.95. The van der Waals surface area contributed by atoms with Gasteiger partial charge in [-0.2, -0.15) is 0 Å². The molecule has 0 heterocycles. The predicted octanol–water partition coefficient (Wildman–Crippen LogP) is 1.01. The van der Waals surface area contributed by atoms with Gasteiger partial charge in [-0.05, 0) is 17.5 Å². The summed E-state index contributed by atoms with van der Waals surface area (Å²) in [6, 6.07) is 0. The van der Waals surface area contributed by atoms with E-state index in [1.807, 2.05) is 0 Å². The van der Waals surface area contributed by atoms with Crippen molar-refractivity contribution in [1.29, 1.82) is 0 Å². The zero-order valence-corrected chi connectivity index (χ0v) is 10.4. The fraction of sp³-hybridized carbons (Fsp3) is 0.778. The van der Waals surface area contributed by atoms with E-state index in [-0.39, 0.29) is 37.7 Å². The van der Waals surface area contributed by atoms with Crippen LogP contribution in [0.3, 0.4) is 0 Å². The lowest BCUT2D eigenvalue weighted by atomic mass is 10.2. The van der Waals surface area contributed by atoms with Crippen molar-refractivity contribution in [1.82, 2.24) is 10.6 Å². The van der Waals surface area contributed by atoms with Gasteiger partial charge in [-0.3, -0.25) is 9.59 Å². The Kier molecular flexibility index (Phi) is 10.5. The molecule has 0 aromatic heterocycles. The Morgan fingerprint density at radius 2 is 1.32 bits per heavy atom. The van der Waals surface area contributed by atoms with Crippen molar-refractivity contribution in [3.63, 3.8) is 0 Å². The lowest BCUT2D eigenvalue weighted by Crippen LogP contribution is -2.28. The van der Waals surface area contributed by atoms with Crippen molar-refractivity contribution in [3.8, 4) is 0 Å². The molecule has 0 saturated heterocycles. The second kappa shape index (κ2) is 12.0. The van der Waals surface area contributed by atoms with E-state index in [1.54, 1.807) is 0 Å². The van der Waals surface area contributed by atoms with E-state index in [9.17, 15) is 9.59 Å². The minimum atomic E-state index is -0.185. The summed E-state index contributed by atoms with van der Waals surface area (Å²) in [5.74, 6) is -0.370. The third-order valence-corrected chi connectivity index (χ3v) is 2.00. The molecule has 0 radical (unpaired) electrons. The lowest BCUT2D eigenvalue weighted by Gasteiger charge is -2.04. The van der Waals surface area contributed by atoms with Crippen LogP contribution in [0.2, 0.25) is 0 Å². The van der Waals surface area contributed by atoms with Crippen LogP contribution < -0.4 is 10.6 Å². The van der Waals surface area contributed by atoms with Crippen LogP contribution in [0.4, 0.5) is 0 Å². The van der Waals surface area contributed by atoms with Crippen LogP contribution in [-0.4, -0.2) is 38.0 Å². The van der Waals surface area contributed by atoms with Crippen LogP contribution in [-0.2, 0) is 9.59 Å². The number of nitrogens with one attached hydrogen (secondary N) is 2. The van der Waals surface area contributed by atoms with Crippen molar-refractivity contribution in [2.24, 2.45) is 10.2 Å². The molecule has 2 amide bonds. The van der Waals surface area contributed by atoms with Gasteiger partial charge in [0.15, 0.2) is 0 Å². The van der Waals surface area contributed by atoms with Gasteiger partial charge in [0, 0.05) is 48.8 Å². The molecule has 0 aliphatic rings. The molecule has 0 spiro atoms. The Morgan fingerprint density at radius 1 is 0.895 bits per heavy atom. The van der Waals surface area contributed by atoms with Gasteiger partial charge in [0.25, 0.3) is 0 Å². The van der Waals surface area contributed by atoms with E-state index in [0.29, 0.717) is 19.5 Å². The monoisotopic (exact) mass is 268 g/mol. The summed E-state index contributed by atoms with van der Waals surface area (Å²) in [7, 11) is 0. The Hall–Kier alpha value is -2.44. The summed E-state index contributed by atoms with van der Waals surface area (Å²) >= 11 is 0. The predicted molar refractivity (Wildman–Crippen MR) is 67.9 cm³/mol. The summed E-state index contributed by atoms with van der Waals surface area (Å²) in [5.41, 5.74) is 16.0. The van der Waals surface area contributed by atoms with E-state index in [0.717, 1.165) is 0 Å². The number of carbonyl (C=O) groups is 2. The van der Waals surface area contributed by atoms with Crippen molar-refractivity contribution < 1.29 is 9.59 Å². The molecule has 19 heavy (non-hydrogen) atoms. The van der Waals surface area contributed by atoms with Gasteiger partial charge in [-0.25, -0.2) is 0 Å². The molecule has 10 nitrogen and oxygen atoms in total. The fourth-order valence-corrected chi connectivity index (χ4v) is 1.17. The molecule has 0 aromatic carbocycles. The van der Waals surface area contributed by atoms with Crippen molar-refractivity contribution in [2.75, 3.05) is 26.2 Å². The smallest absolute Gasteiger partial charge is 0.220 e. The number of nitrogens with zero attached hydrogens (tertiary/aromatic N) is 6. The molecule has 0 aliphatic heterocycles. The molecular formula is C9H16N8O2. The molecule has 0 saturated carbocycles. The van der Waals surface area contributed by atoms with Crippen molar-refractivity contribution in [2.45, 2.75) is 19.3 Å². The standard InChI is InChI=1S/C9H16N8O2/c10-16-14-6-4-12-8(18)2-1-3-9(19)13-5-7-15-17-11/h1-7H2,(H,12,18)(H,13,19). The molecule has 0 rings (SSSR count). The zero-order valence-electron chi connectivity index (χ0n) is 10.4. The maximum atomic E-state index is 11.3. The number of azide groups is 2. The van der Waals surface area contributed by atoms with Crippen LogP contribution in [0.1, 0.15) is 19.3 Å². The topological polar surface area (TPSA) is 156 Å². The van der Waals surface area contributed by atoms with Crippen molar-refractivity contribution >= 4 is 11.8 Å². The van der Waals surface area contributed by atoms with E-state index < -0.39 is 0 Å². The molecule has 0 atom stereocenters. The summed E-state index contributed by atoms with van der Waals surface area (Å²) in [6.07, 6.45) is 0.904. The second-order valence-electron chi connectivity index (χ2n) is 3.46. The maximum absolute atomic E-state index is 11.3. The van der Waals surface area contributed by atoms with Gasteiger partial charge in [0.2, 0.25) is 11.8 Å². The molecule has 104 valence electrons. The normalized spacial score (nSPS) is 8.84. The number of hydrogen-bond donors (Lipinski definition) is 2. The van der Waals surface area contributed by atoms with E-state index in [2.05, 4.69) is 30.7 Å². The highest BCUT2D eigenvalue weighted by molar-refractivity contribution is 5.78. The summed E-state index contributed by atoms with van der Waals surface area (Å²) in [6.45, 7) is 1.01. The molecular weight excluding hydrogens is 252 g/mol. The first kappa shape index (κ1) is 16.6. The highest BCUT2D eigenvalue weighted by atomic mass is 16.2. The van der Waals surface area contributed by atoms with E-state index in [4.69, 9.17) is 11.1 Å². The Bertz CT molecular complexity index is 348. The van der Waals surface area contributed by atoms with Gasteiger partial charge < -0.3 is 10.6 Å². The number of rotatable bonds is 10. The minimum Gasteiger partial charge on any atom is -0.356 e. The SMILES string of the molecule is [N-]=[N+]=NCCNC(=O)CCCC(=O)NCCN=[N+]=[N-]. The van der Waals surface area contributed by atoms with Crippen LogP contribution >= 0.6 is 0 Å². The Labute approximate surface area is 109 Å².